The lowest BCUT2D eigenvalue weighted by Crippen LogP contribution is -1.91. The van der Waals surface area contributed by atoms with E-state index in [1.54, 1.807) is 0 Å². The summed E-state index contributed by atoms with van der Waals surface area (Å²) in [5.41, 5.74) is 3.90. The number of allylic oxidation sites excluding steroid dienone is 1. The van der Waals surface area contributed by atoms with Gasteiger partial charge in [-0.25, -0.2) is 4.98 Å². The maximum Gasteiger partial charge on any atom is 0.136 e. The van der Waals surface area contributed by atoms with E-state index in [4.69, 9.17) is 11.6 Å². The van der Waals surface area contributed by atoms with Crippen LogP contribution in [0, 0.1) is 0 Å². The molecule has 0 fully saturated rings. The van der Waals surface area contributed by atoms with Crippen LogP contribution < -0.4 is 0 Å². The highest BCUT2D eigenvalue weighted by molar-refractivity contribution is 6.31. The van der Waals surface area contributed by atoms with Crippen LogP contribution in [0.25, 0.3) is 6.08 Å². The van der Waals surface area contributed by atoms with Gasteiger partial charge in [-0.1, -0.05) is 23.8 Å². The van der Waals surface area contributed by atoms with Gasteiger partial charge in [0.25, 0.3) is 0 Å². The molecule has 1 aliphatic rings. The van der Waals surface area contributed by atoms with E-state index in [9.17, 15) is 0 Å². The van der Waals surface area contributed by atoms with E-state index in [1.165, 1.54) is 17.5 Å². The lowest BCUT2D eigenvalue weighted by Gasteiger charge is -2.04. The molecule has 1 nitrogen and oxygen atoms in total. The highest BCUT2D eigenvalue weighted by Crippen LogP contribution is 2.29. The molecular weight excluding hydrogens is 182 g/mol. The number of hydrogen-bond acceptors (Lipinski definition) is 1. The lowest BCUT2D eigenvalue weighted by molar-refractivity contribution is 0.910. The van der Waals surface area contributed by atoms with Gasteiger partial charge in [0, 0.05) is 11.8 Å². The van der Waals surface area contributed by atoms with E-state index < -0.39 is 0 Å². The summed E-state index contributed by atoms with van der Waals surface area (Å²) < 4.78 is 0. The van der Waals surface area contributed by atoms with E-state index in [0.717, 1.165) is 18.4 Å². The molecule has 2 rings (SSSR count). The molecular formula is C11H12ClN. The van der Waals surface area contributed by atoms with Gasteiger partial charge >= 0.3 is 0 Å². The van der Waals surface area contributed by atoms with Gasteiger partial charge in [-0.15, -0.1) is 0 Å². The molecule has 13 heavy (non-hydrogen) atoms. The highest BCUT2D eigenvalue weighted by atomic mass is 35.5. The Hall–Kier alpha value is -0.820. The number of fused-ring (bicyclic) bond motifs is 1. The van der Waals surface area contributed by atoms with E-state index in [-0.39, 0.29) is 0 Å². The molecule has 0 unspecified atom stereocenters. The number of rotatable bonds is 1. The van der Waals surface area contributed by atoms with Crippen LogP contribution in [-0.4, -0.2) is 4.98 Å². The number of nitrogens with zero attached hydrogens (tertiary/aromatic N) is 1. The third-order valence-electron chi connectivity index (χ3n) is 2.47. The Morgan fingerprint density at radius 3 is 3.08 bits per heavy atom. The predicted octanol–water partition coefficient (Wildman–Crippen LogP) is 3.26. The fourth-order valence-electron chi connectivity index (χ4n) is 1.88. The Morgan fingerprint density at radius 2 is 2.31 bits per heavy atom. The molecule has 0 aromatic carbocycles. The topological polar surface area (TPSA) is 12.9 Å². The van der Waals surface area contributed by atoms with E-state index in [0.29, 0.717) is 5.15 Å². The fourth-order valence-corrected chi connectivity index (χ4v) is 2.11. The monoisotopic (exact) mass is 193 g/mol. The molecule has 0 aliphatic heterocycles. The van der Waals surface area contributed by atoms with Crippen molar-refractivity contribution in [3.63, 3.8) is 0 Å². The molecule has 0 saturated heterocycles. The van der Waals surface area contributed by atoms with Crippen LogP contribution in [0.2, 0.25) is 5.15 Å². The summed E-state index contributed by atoms with van der Waals surface area (Å²) in [5.74, 6) is 0. The fraction of sp³-hybridized carbons (Fsp3) is 0.364. The van der Waals surface area contributed by atoms with E-state index in [2.05, 4.69) is 11.1 Å². The molecule has 1 heterocycles. The number of halogens is 1. The zero-order valence-electron chi connectivity index (χ0n) is 7.68. The molecule has 1 aromatic rings. The van der Waals surface area contributed by atoms with Gasteiger partial charge in [0.05, 0.1) is 0 Å². The Morgan fingerprint density at radius 1 is 1.46 bits per heavy atom. The number of aryl methyl sites for hydroxylation is 1. The third kappa shape index (κ3) is 1.49. The van der Waals surface area contributed by atoms with Crippen molar-refractivity contribution in [1.82, 2.24) is 4.98 Å². The van der Waals surface area contributed by atoms with Gasteiger partial charge < -0.3 is 0 Å². The van der Waals surface area contributed by atoms with Crippen LogP contribution in [0.5, 0.6) is 0 Å². The second kappa shape index (κ2) is 3.51. The standard InChI is InChI=1S/C11H12ClN/c1-2-4-10-9-6-3-5-8(9)7-13-11(10)12/h2,4,7H,3,5-6H2,1H3/b4-2+. The van der Waals surface area contributed by atoms with Crippen molar-refractivity contribution >= 4 is 17.7 Å². The molecule has 1 aliphatic carbocycles. The van der Waals surface area contributed by atoms with Crippen molar-refractivity contribution in [2.75, 3.05) is 0 Å². The summed E-state index contributed by atoms with van der Waals surface area (Å²) >= 11 is 6.02. The molecule has 0 amide bonds. The second-order valence-electron chi connectivity index (χ2n) is 3.32. The molecule has 0 spiro atoms. The minimum absolute atomic E-state index is 0.638. The quantitative estimate of drug-likeness (QED) is 0.624. The summed E-state index contributed by atoms with van der Waals surface area (Å²) in [6.45, 7) is 2.00. The largest absolute Gasteiger partial charge is 0.244 e. The molecule has 68 valence electrons. The van der Waals surface area contributed by atoms with E-state index >= 15 is 0 Å². The Labute approximate surface area is 83.4 Å². The van der Waals surface area contributed by atoms with Crippen molar-refractivity contribution in [2.24, 2.45) is 0 Å². The molecule has 0 saturated carbocycles. The Kier molecular flexibility index (Phi) is 2.36. The summed E-state index contributed by atoms with van der Waals surface area (Å²) in [6, 6.07) is 0. The minimum Gasteiger partial charge on any atom is -0.244 e. The molecule has 1 aromatic heterocycles. The van der Waals surface area contributed by atoms with Crippen LogP contribution in [0.15, 0.2) is 12.3 Å². The second-order valence-corrected chi connectivity index (χ2v) is 3.68. The van der Waals surface area contributed by atoms with Crippen molar-refractivity contribution in [2.45, 2.75) is 26.2 Å². The summed E-state index contributed by atoms with van der Waals surface area (Å²) in [4.78, 5) is 4.18. The predicted molar refractivity (Wildman–Crippen MR) is 56.0 cm³/mol. The van der Waals surface area contributed by atoms with Gasteiger partial charge in [0.1, 0.15) is 5.15 Å². The lowest BCUT2D eigenvalue weighted by atomic mass is 10.1. The normalized spacial score (nSPS) is 15.2. The molecule has 2 heteroatoms. The molecule has 0 radical (unpaired) electrons. The van der Waals surface area contributed by atoms with Gasteiger partial charge in [0.2, 0.25) is 0 Å². The van der Waals surface area contributed by atoms with Crippen LogP contribution in [0.4, 0.5) is 0 Å². The van der Waals surface area contributed by atoms with Gasteiger partial charge in [-0.3, -0.25) is 0 Å². The first-order valence-corrected chi connectivity index (χ1v) is 4.99. The van der Waals surface area contributed by atoms with E-state index in [1.807, 2.05) is 19.2 Å². The summed E-state index contributed by atoms with van der Waals surface area (Å²) in [6.07, 6.45) is 9.53. The molecule has 0 N–H and O–H groups in total. The summed E-state index contributed by atoms with van der Waals surface area (Å²) in [7, 11) is 0. The first kappa shape index (κ1) is 8.76. The number of pyridine rings is 1. The zero-order chi connectivity index (χ0) is 9.26. The van der Waals surface area contributed by atoms with Gasteiger partial charge in [-0.05, 0) is 37.3 Å². The Balaban J connectivity index is 2.58. The van der Waals surface area contributed by atoms with Crippen LogP contribution >= 0.6 is 11.6 Å². The third-order valence-corrected chi connectivity index (χ3v) is 2.78. The SMILES string of the molecule is C/C=C/c1c(Cl)ncc2c1CCC2. The number of aromatic nitrogens is 1. The smallest absolute Gasteiger partial charge is 0.136 e. The average molecular weight is 194 g/mol. The average Bonchev–Trinajstić information content (AvgIpc) is 2.58. The maximum absolute atomic E-state index is 6.02. The minimum atomic E-state index is 0.638. The van der Waals surface area contributed by atoms with Crippen LogP contribution in [0.3, 0.4) is 0 Å². The van der Waals surface area contributed by atoms with Crippen molar-refractivity contribution in [1.29, 1.82) is 0 Å². The van der Waals surface area contributed by atoms with Gasteiger partial charge in [-0.2, -0.15) is 0 Å². The van der Waals surface area contributed by atoms with Crippen LogP contribution in [-0.2, 0) is 12.8 Å². The Bertz CT molecular complexity index is 355. The molecule has 0 atom stereocenters. The first-order chi connectivity index (χ1) is 6.33. The summed E-state index contributed by atoms with van der Waals surface area (Å²) in [5, 5.41) is 0.638. The van der Waals surface area contributed by atoms with Crippen molar-refractivity contribution in [3.8, 4) is 0 Å². The number of hydrogen-bond donors (Lipinski definition) is 0. The van der Waals surface area contributed by atoms with Crippen molar-refractivity contribution < 1.29 is 0 Å². The van der Waals surface area contributed by atoms with Gasteiger partial charge in [0.15, 0.2) is 0 Å². The first-order valence-electron chi connectivity index (χ1n) is 4.62. The van der Waals surface area contributed by atoms with Crippen LogP contribution in [0.1, 0.15) is 30.0 Å². The molecule has 0 bridgehead atoms. The highest BCUT2D eigenvalue weighted by Gasteiger charge is 2.16. The maximum atomic E-state index is 6.02. The van der Waals surface area contributed by atoms with Crippen molar-refractivity contribution in [3.05, 3.63) is 34.1 Å². The zero-order valence-corrected chi connectivity index (χ0v) is 8.43.